The second-order valence-corrected chi connectivity index (χ2v) is 5.33. The molecule has 1 heterocycles. The fraction of sp³-hybridized carbons (Fsp3) is 0.583. The van der Waals surface area contributed by atoms with Gasteiger partial charge in [-0.2, -0.15) is 0 Å². The first-order valence-electron chi connectivity index (χ1n) is 6.02. The third-order valence-electron chi connectivity index (χ3n) is 2.55. The summed E-state index contributed by atoms with van der Waals surface area (Å²) in [5.74, 6) is -0.886. The Bertz CT molecular complexity index is 451. The molecule has 1 aromatic heterocycles. The smallest absolute Gasteiger partial charge is 0.328 e. The number of rotatable bonds is 6. The van der Waals surface area contributed by atoms with Crippen LogP contribution in [0.1, 0.15) is 29.3 Å². The molecule has 0 bridgehead atoms. The molecule has 3 N–H and O–H groups in total. The predicted molar refractivity (Wildman–Crippen MR) is 80.2 cm³/mol. The second kappa shape index (κ2) is 8.89. The lowest BCUT2D eigenvalue weighted by Gasteiger charge is -2.19. The Morgan fingerprint density at radius 2 is 2.15 bits per heavy atom. The van der Waals surface area contributed by atoms with Crippen LogP contribution in [0.3, 0.4) is 0 Å². The quantitative estimate of drug-likeness (QED) is 0.762. The van der Waals surface area contributed by atoms with E-state index in [9.17, 15) is 9.59 Å². The van der Waals surface area contributed by atoms with Gasteiger partial charge in [0.1, 0.15) is 11.7 Å². The van der Waals surface area contributed by atoms with Crippen molar-refractivity contribution < 1.29 is 14.3 Å². The average Bonchev–Trinajstić information content (AvgIpc) is 2.83. The molecule has 114 valence electrons. The van der Waals surface area contributed by atoms with Crippen molar-refractivity contribution in [2.45, 2.75) is 26.3 Å². The molecule has 1 rings (SSSR count). The Balaban J connectivity index is 0.00000361. The molecule has 0 fully saturated rings. The van der Waals surface area contributed by atoms with Gasteiger partial charge in [0.2, 0.25) is 0 Å². The Hall–Kier alpha value is -1.18. The van der Waals surface area contributed by atoms with E-state index in [-0.39, 0.29) is 24.2 Å². The van der Waals surface area contributed by atoms with Crippen LogP contribution in [-0.2, 0) is 16.0 Å². The number of carbonyl (C=O) groups excluding carboxylic acids is 2. The second-order valence-electron chi connectivity index (χ2n) is 4.38. The maximum absolute atomic E-state index is 12.0. The molecule has 0 aromatic carbocycles. The van der Waals surface area contributed by atoms with Gasteiger partial charge in [0, 0.05) is 11.8 Å². The maximum atomic E-state index is 12.0. The number of halogens is 1. The SMILES string of the molecule is COC(=O)C(NC(=O)c1csc(CCN)n1)C(C)C.Cl. The summed E-state index contributed by atoms with van der Waals surface area (Å²) in [6.45, 7) is 4.16. The molecule has 1 atom stereocenters. The van der Waals surface area contributed by atoms with Crippen LogP contribution in [-0.4, -0.2) is 36.6 Å². The van der Waals surface area contributed by atoms with Crippen molar-refractivity contribution in [2.24, 2.45) is 11.7 Å². The van der Waals surface area contributed by atoms with Gasteiger partial charge in [-0.1, -0.05) is 13.8 Å². The highest BCUT2D eigenvalue weighted by Gasteiger charge is 2.26. The van der Waals surface area contributed by atoms with Crippen molar-refractivity contribution in [1.82, 2.24) is 10.3 Å². The summed E-state index contributed by atoms with van der Waals surface area (Å²) >= 11 is 1.38. The number of carbonyl (C=O) groups is 2. The van der Waals surface area contributed by atoms with Crippen molar-refractivity contribution in [3.63, 3.8) is 0 Å². The Morgan fingerprint density at radius 1 is 1.50 bits per heavy atom. The third-order valence-corrected chi connectivity index (χ3v) is 3.46. The highest BCUT2D eigenvalue weighted by atomic mass is 35.5. The summed E-state index contributed by atoms with van der Waals surface area (Å²) in [6, 6.07) is -0.669. The minimum absolute atomic E-state index is 0. The van der Waals surface area contributed by atoms with Crippen molar-refractivity contribution in [3.8, 4) is 0 Å². The molecule has 0 spiro atoms. The minimum atomic E-state index is -0.669. The molecular formula is C12H20ClN3O3S. The fourth-order valence-corrected chi connectivity index (χ4v) is 2.29. The van der Waals surface area contributed by atoms with E-state index >= 15 is 0 Å². The highest BCUT2D eigenvalue weighted by molar-refractivity contribution is 7.09. The van der Waals surface area contributed by atoms with E-state index in [1.54, 1.807) is 5.38 Å². The maximum Gasteiger partial charge on any atom is 0.328 e. The number of nitrogens with zero attached hydrogens (tertiary/aromatic N) is 1. The Morgan fingerprint density at radius 3 is 2.65 bits per heavy atom. The first kappa shape index (κ1) is 18.8. The first-order chi connectivity index (χ1) is 8.99. The topological polar surface area (TPSA) is 94.3 Å². The largest absolute Gasteiger partial charge is 0.467 e. The van der Waals surface area contributed by atoms with Crippen LogP contribution in [0.2, 0.25) is 0 Å². The standard InChI is InChI=1S/C12H19N3O3S.ClH/c1-7(2)10(12(17)18-3)15-11(16)8-6-19-9(14-8)4-5-13;/h6-7,10H,4-5,13H2,1-3H3,(H,15,16);1H. The molecular weight excluding hydrogens is 302 g/mol. The number of esters is 1. The molecule has 0 saturated heterocycles. The summed E-state index contributed by atoms with van der Waals surface area (Å²) in [6.07, 6.45) is 0.641. The molecule has 0 aliphatic rings. The number of nitrogens with one attached hydrogen (secondary N) is 1. The molecule has 1 amide bonds. The molecule has 0 radical (unpaired) electrons. The predicted octanol–water partition coefficient (Wildman–Crippen LogP) is 0.993. The van der Waals surface area contributed by atoms with Gasteiger partial charge < -0.3 is 15.8 Å². The Kier molecular flexibility index (Phi) is 8.36. The summed E-state index contributed by atoms with van der Waals surface area (Å²) in [5.41, 5.74) is 5.74. The van der Waals surface area contributed by atoms with Crippen LogP contribution in [0.4, 0.5) is 0 Å². The number of hydrogen-bond donors (Lipinski definition) is 2. The van der Waals surface area contributed by atoms with Gasteiger partial charge in [-0.3, -0.25) is 4.79 Å². The molecule has 0 aliphatic carbocycles. The minimum Gasteiger partial charge on any atom is -0.467 e. The van der Waals surface area contributed by atoms with Gasteiger partial charge in [-0.15, -0.1) is 23.7 Å². The van der Waals surface area contributed by atoms with Crippen LogP contribution in [0.15, 0.2) is 5.38 Å². The molecule has 1 unspecified atom stereocenters. The summed E-state index contributed by atoms with van der Waals surface area (Å²) in [7, 11) is 1.30. The van der Waals surface area contributed by atoms with Crippen LogP contribution in [0.25, 0.3) is 0 Å². The number of aromatic nitrogens is 1. The monoisotopic (exact) mass is 321 g/mol. The number of hydrogen-bond acceptors (Lipinski definition) is 6. The number of ether oxygens (including phenoxy) is 1. The van der Waals surface area contributed by atoms with E-state index < -0.39 is 12.0 Å². The van der Waals surface area contributed by atoms with E-state index in [1.807, 2.05) is 13.8 Å². The normalized spacial score (nSPS) is 11.7. The van der Waals surface area contributed by atoms with Crippen molar-refractivity contribution >= 4 is 35.6 Å². The number of amides is 1. The van der Waals surface area contributed by atoms with E-state index in [0.717, 1.165) is 5.01 Å². The zero-order valence-electron chi connectivity index (χ0n) is 11.7. The fourth-order valence-electron chi connectivity index (χ4n) is 1.49. The number of thiazole rings is 1. The summed E-state index contributed by atoms with van der Waals surface area (Å²) in [5, 5.41) is 5.11. The van der Waals surface area contributed by atoms with Crippen molar-refractivity contribution in [3.05, 3.63) is 16.1 Å². The van der Waals surface area contributed by atoms with E-state index in [1.165, 1.54) is 18.4 Å². The molecule has 0 saturated carbocycles. The number of methoxy groups -OCH3 is 1. The van der Waals surface area contributed by atoms with Crippen molar-refractivity contribution in [1.29, 1.82) is 0 Å². The molecule has 0 aliphatic heterocycles. The lowest BCUT2D eigenvalue weighted by atomic mass is 10.0. The van der Waals surface area contributed by atoms with Gasteiger partial charge in [0.15, 0.2) is 0 Å². The van der Waals surface area contributed by atoms with Crippen LogP contribution < -0.4 is 11.1 Å². The highest BCUT2D eigenvalue weighted by Crippen LogP contribution is 2.11. The van der Waals surface area contributed by atoms with E-state index in [0.29, 0.717) is 18.7 Å². The molecule has 1 aromatic rings. The van der Waals surface area contributed by atoms with Gasteiger partial charge in [-0.25, -0.2) is 9.78 Å². The van der Waals surface area contributed by atoms with Crippen LogP contribution in [0.5, 0.6) is 0 Å². The lowest BCUT2D eigenvalue weighted by Crippen LogP contribution is -2.45. The van der Waals surface area contributed by atoms with Gasteiger partial charge >= 0.3 is 5.97 Å². The molecule has 8 heteroatoms. The van der Waals surface area contributed by atoms with E-state index in [2.05, 4.69) is 15.0 Å². The zero-order chi connectivity index (χ0) is 14.4. The lowest BCUT2D eigenvalue weighted by molar-refractivity contribution is -0.144. The Labute approximate surface area is 128 Å². The van der Waals surface area contributed by atoms with Crippen molar-refractivity contribution in [2.75, 3.05) is 13.7 Å². The van der Waals surface area contributed by atoms with Gasteiger partial charge in [-0.05, 0) is 12.5 Å². The zero-order valence-corrected chi connectivity index (χ0v) is 13.3. The molecule has 20 heavy (non-hydrogen) atoms. The summed E-state index contributed by atoms with van der Waals surface area (Å²) in [4.78, 5) is 27.7. The third kappa shape index (κ3) is 5.07. The van der Waals surface area contributed by atoms with Crippen LogP contribution in [0, 0.1) is 5.92 Å². The van der Waals surface area contributed by atoms with Gasteiger partial charge in [0.05, 0.1) is 12.1 Å². The average molecular weight is 322 g/mol. The first-order valence-corrected chi connectivity index (χ1v) is 6.90. The molecule has 6 nitrogen and oxygen atoms in total. The van der Waals surface area contributed by atoms with E-state index in [4.69, 9.17) is 5.73 Å². The van der Waals surface area contributed by atoms with Crippen LogP contribution >= 0.6 is 23.7 Å². The summed E-state index contributed by atoms with van der Waals surface area (Å²) < 4.78 is 4.67. The number of nitrogens with two attached hydrogens (primary N) is 1. The van der Waals surface area contributed by atoms with Gasteiger partial charge in [0.25, 0.3) is 5.91 Å².